The van der Waals surface area contributed by atoms with E-state index in [4.69, 9.17) is 9.47 Å². The second kappa shape index (κ2) is 10.5. The maximum Gasteiger partial charge on any atom is 0.337 e. The number of hydrogen-bond acceptors (Lipinski definition) is 6. The number of nitrogens with zero attached hydrogens (tertiary/aromatic N) is 2. The minimum absolute atomic E-state index is 0.168. The molecule has 1 atom stereocenters. The minimum Gasteiger partial charge on any atom is -0.475 e. The molecule has 1 aromatic heterocycles. The summed E-state index contributed by atoms with van der Waals surface area (Å²) in [5.41, 5.74) is 4.28. The van der Waals surface area contributed by atoms with Crippen LogP contribution in [-0.4, -0.2) is 35.9 Å². The van der Waals surface area contributed by atoms with Gasteiger partial charge < -0.3 is 19.4 Å². The average molecular weight is 510 g/mol. The zero-order valence-electron chi connectivity index (χ0n) is 21.9. The van der Waals surface area contributed by atoms with Crippen molar-refractivity contribution in [3.63, 3.8) is 0 Å². The Labute approximate surface area is 222 Å². The molecule has 1 aliphatic rings. The molecular weight excluding hydrogens is 478 g/mol. The number of aromatic amines is 1. The number of nitrogens with one attached hydrogen (secondary N) is 1. The number of rotatable bonds is 8. The fourth-order valence-corrected chi connectivity index (χ4v) is 5.09. The summed E-state index contributed by atoms with van der Waals surface area (Å²) in [7, 11) is 3.36. The molecule has 7 nitrogen and oxygen atoms in total. The van der Waals surface area contributed by atoms with Gasteiger partial charge in [0, 0.05) is 54.8 Å². The number of hydrogen-bond donors (Lipinski definition) is 1. The number of aromatic nitrogens is 2. The number of esters is 1. The number of ether oxygens (including phenoxy) is 2. The summed E-state index contributed by atoms with van der Waals surface area (Å²) in [5, 5.41) is 0. The van der Waals surface area contributed by atoms with Crippen molar-refractivity contribution >= 4 is 17.4 Å². The smallest absolute Gasteiger partial charge is 0.337 e. The van der Waals surface area contributed by atoms with E-state index in [1.54, 1.807) is 24.5 Å². The number of ketones is 1. The standard InChI is InChI=1S/C31H31N3O4/c1-31(30-32-18-19-33-30,22-8-5-4-6-9-22)38-28-17-16-25-24(10-7-11-27(25)35)26(28)20-34(2)23-14-12-21(13-15-23)29(36)37-3/h4-6,8-9,12-19H,7,10-11,20H2,1-3H3,(H,32,33)/t31-/m0/s1. The van der Waals surface area contributed by atoms with Crippen molar-refractivity contribution in [2.24, 2.45) is 0 Å². The number of benzene rings is 3. The van der Waals surface area contributed by atoms with Crippen LogP contribution in [0.1, 0.15) is 63.0 Å². The number of carbonyl (C=O) groups is 2. The first-order chi connectivity index (χ1) is 18.4. The fraction of sp³-hybridized carbons (Fsp3) is 0.258. The maximum absolute atomic E-state index is 12.8. The molecule has 0 radical (unpaired) electrons. The van der Waals surface area contributed by atoms with Gasteiger partial charge in [-0.25, -0.2) is 9.78 Å². The van der Waals surface area contributed by atoms with Crippen LogP contribution in [0.5, 0.6) is 5.75 Å². The van der Waals surface area contributed by atoms with Crippen LogP contribution >= 0.6 is 0 Å². The van der Waals surface area contributed by atoms with Crippen molar-refractivity contribution in [1.82, 2.24) is 9.97 Å². The first-order valence-corrected chi connectivity index (χ1v) is 12.7. The van der Waals surface area contributed by atoms with Gasteiger partial charge in [0.1, 0.15) is 5.75 Å². The van der Waals surface area contributed by atoms with Crippen molar-refractivity contribution in [1.29, 1.82) is 0 Å². The summed E-state index contributed by atoms with van der Waals surface area (Å²) in [5.74, 6) is 1.19. The minimum atomic E-state index is -0.882. The van der Waals surface area contributed by atoms with E-state index in [0.29, 0.717) is 30.1 Å². The van der Waals surface area contributed by atoms with E-state index in [1.165, 1.54) is 7.11 Å². The maximum atomic E-state index is 12.8. The predicted molar refractivity (Wildman–Crippen MR) is 146 cm³/mol. The van der Waals surface area contributed by atoms with Crippen LogP contribution in [0.2, 0.25) is 0 Å². The van der Waals surface area contributed by atoms with Crippen LogP contribution < -0.4 is 9.64 Å². The highest BCUT2D eigenvalue weighted by molar-refractivity contribution is 5.99. The fourth-order valence-electron chi connectivity index (χ4n) is 5.09. The summed E-state index contributed by atoms with van der Waals surface area (Å²) in [6.45, 7) is 2.52. The number of imidazole rings is 1. The normalized spacial score (nSPS) is 14.3. The van der Waals surface area contributed by atoms with Crippen molar-refractivity contribution in [2.75, 3.05) is 19.1 Å². The van der Waals surface area contributed by atoms with Crippen LogP contribution in [0.3, 0.4) is 0 Å². The van der Waals surface area contributed by atoms with Gasteiger partial charge in [-0.05, 0) is 61.7 Å². The summed E-state index contributed by atoms with van der Waals surface area (Å²) < 4.78 is 11.7. The number of methoxy groups -OCH3 is 1. The lowest BCUT2D eigenvalue weighted by Gasteiger charge is -2.33. The number of Topliss-reactive ketones (excluding diaryl/α,β-unsaturated/α-hetero) is 1. The second-order valence-electron chi connectivity index (χ2n) is 9.68. The average Bonchev–Trinajstić information content (AvgIpc) is 3.50. The van der Waals surface area contributed by atoms with Gasteiger partial charge in [-0.3, -0.25) is 4.79 Å². The Morgan fingerprint density at radius 2 is 1.82 bits per heavy atom. The van der Waals surface area contributed by atoms with Crippen LogP contribution in [0, 0.1) is 0 Å². The van der Waals surface area contributed by atoms with E-state index in [2.05, 4.69) is 14.9 Å². The highest BCUT2D eigenvalue weighted by atomic mass is 16.5. The van der Waals surface area contributed by atoms with Crippen molar-refractivity contribution < 1.29 is 19.1 Å². The van der Waals surface area contributed by atoms with Gasteiger partial charge in [0.15, 0.2) is 17.2 Å². The summed E-state index contributed by atoms with van der Waals surface area (Å²) in [6, 6.07) is 21.1. The van der Waals surface area contributed by atoms with Gasteiger partial charge in [-0.15, -0.1) is 0 Å². The molecule has 38 heavy (non-hydrogen) atoms. The first kappa shape index (κ1) is 25.3. The number of H-pyrrole nitrogens is 1. The third kappa shape index (κ3) is 4.79. The number of carbonyl (C=O) groups excluding carboxylic acids is 2. The molecule has 194 valence electrons. The lowest BCUT2D eigenvalue weighted by atomic mass is 9.86. The lowest BCUT2D eigenvalue weighted by molar-refractivity contribution is 0.0600. The third-order valence-electron chi connectivity index (χ3n) is 7.23. The topological polar surface area (TPSA) is 84.5 Å². The molecule has 1 N–H and O–H groups in total. The zero-order valence-corrected chi connectivity index (χ0v) is 21.9. The van der Waals surface area contributed by atoms with Crippen LogP contribution in [0.25, 0.3) is 0 Å². The van der Waals surface area contributed by atoms with E-state index in [1.807, 2.05) is 68.6 Å². The van der Waals surface area contributed by atoms with Gasteiger partial charge in [0.25, 0.3) is 0 Å². The van der Waals surface area contributed by atoms with Crippen LogP contribution in [0.15, 0.2) is 79.1 Å². The van der Waals surface area contributed by atoms with E-state index in [0.717, 1.165) is 40.8 Å². The molecule has 0 aliphatic heterocycles. The Kier molecular flexibility index (Phi) is 7.01. The monoisotopic (exact) mass is 509 g/mol. The highest BCUT2D eigenvalue weighted by Gasteiger charge is 2.36. The van der Waals surface area contributed by atoms with E-state index >= 15 is 0 Å². The molecule has 0 unspecified atom stereocenters. The van der Waals surface area contributed by atoms with Crippen molar-refractivity contribution in [2.45, 2.75) is 38.3 Å². The third-order valence-corrected chi connectivity index (χ3v) is 7.23. The largest absolute Gasteiger partial charge is 0.475 e. The molecule has 0 saturated carbocycles. The molecular formula is C31H31N3O4. The molecule has 0 amide bonds. The van der Waals surface area contributed by atoms with Crippen molar-refractivity contribution in [3.8, 4) is 5.75 Å². The first-order valence-electron chi connectivity index (χ1n) is 12.7. The summed E-state index contributed by atoms with van der Waals surface area (Å²) in [6.07, 6.45) is 5.70. The molecule has 1 aliphatic carbocycles. The SMILES string of the molecule is COC(=O)c1ccc(N(C)Cc2c(O[C@@](C)(c3ccccc3)c3ncc[nH]3)ccc3c2CCCC3=O)cc1. The summed E-state index contributed by atoms with van der Waals surface area (Å²) in [4.78, 5) is 34.6. The Morgan fingerprint density at radius 1 is 1.05 bits per heavy atom. The molecule has 4 aromatic rings. The Balaban J connectivity index is 1.56. The Bertz CT molecular complexity index is 1430. The number of anilines is 1. The Morgan fingerprint density at radius 3 is 2.50 bits per heavy atom. The molecule has 0 saturated heterocycles. The van der Waals surface area contributed by atoms with E-state index in [-0.39, 0.29) is 11.8 Å². The van der Waals surface area contributed by atoms with Gasteiger partial charge in [-0.2, -0.15) is 0 Å². The van der Waals surface area contributed by atoms with Crippen LogP contribution in [0.4, 0.5) is 5.69 Å². The Hall–Kier alpha value is -4.39. The highest BCUT2D eigenvalue weighted by Crippen LogP contribution is 2.39. The molecule has 1 heterocycles. The molecule has 5 rings (SSSR count). The lowest BCUT2D eigenvalue weighted by Crippen LogP contribution is -2.33. The summed E-state index contributed by atoms with van der Waals surface area (Å²) >= 11 is 0. The molecule has 0 fully saturated rings. The number of fused-ring (bicyclic) bond motifs is 1. The van der Waals surface area contributed by atoms with Gasteiger partial charge in [0.05, 0.1) is 12.7 Å². The van der Waals surface area contributed by atoms with Gasteiger partial charge >= 0.3 is 5.97 Å². The molecule has 3 aromatic carbocycles. The van der Waals surface area contributed by atoms with E-state index in [9.17, 15) is 9.59 Å². The molecule has 0 spiro atoms. The quantitative estimate of drug-likeness (QED) is 0.307. The zero-order chi connectivity index (χ0) is 26.7. The van der Waals surface area contributed by atoms with E-state index < -0.39 is 5.60 Å². The van der Waals surface area contributed by atoms with Gasteiger partial charge in [0.2, 0.25) is 0 Å². The van der Waals surface area contributed by atoms with Crippen molar-refractivity contribution in [3.05, 3.63) is 113 Å². The second-order valence-corrected chi connectivity index (χ2v) is 9.68. The predicted octanol–water partition coefficient (Wildman–Crippen LogP) is 5.69. The van der Waals surface area contributed by atoms with Crippen LogP contribution in [-0.2, 0) is 23.3 Å². The van der Waals surface area contributed by atoms with Gasteiger partial charge in [-0.1, -0.05) is 30.3 Å². The molecule has 7 heteroatoms. The molecule has 0 bridgehead atoms.